The molecule has 0 aliphatic rings. The van der Waals surface area contributed by atoms with Crippen molar-refractivity contribution in [2.24, 2.45) is 5.92 Å². The first-order valence-corrected chi connectivity index (χ1v) is 12.4. The molecule has 1 amide bonds. The number of hydrogen-bond acceptors (Lipinski definition) is 4. The van der Waals surface area contributed by atoms with E-state index < -0.39 is 11.5 Å². The average molecular weight is 514 g/mol. The molecule has 0 fully saturated rings. The molecule has 0 spiro atoms. The minimum Gasteiger partial charge on any atom is -0.350 e. The van der Waals surface area contributed by atoms with E-state index in [1.807, 2.05) is 27.7 Å². The highest BCUT2D eigenvalue weighted by Crippen LogP contribution is 2.19. The molecule has 0 aliphatic heterocycles. The summed E-state index contributed by atoms with van der Waals surface area (Å²) >= 11 is 6.19. The number of amides is 1. The van der Waals surface area contributed by atoms with Gasteiger partial charge in [-0.25, -0.2) is 18.3 Å². The fraction of sp³-hybridized carbons (Fsp3) is 0.385. The predicted octanol–water partition coefficient (Wildman–Crippen LogP) is 4.23. The van der Waals surface area contributed by atoms with Crippen molar-refractivity contribution in [2.45, 2.75) is 59.7 Å². The first-order chi connectivity index (χ1) is 17.1. The highest BCUT2D eigenvalue weighted by atomic mass is 35.5. The van der Waals surface area contributed by atoms with Crippen molar-refractivity contribution in [3.05, 3.63) is 79.2 Å². The molecule has 0 aliphatic carbocycles. The maximum atomic E-state index is 13.6. The molecule has 0 saturated heterocycles. The Morgan fingerprint density at radius 2 is 1.89 bits per heavy atom. The molecule has 0 unspecified atom stereocenters. The van der Waals surface area contributed by atoms with Crippen LogP contribution >= 0.6 is 11.6 Å². The molecule has 0 saturated carbocycles. The first-order valence-electron chi connectivity index (χ1n) is 12.0. The number of fused-ring (bicyclic) bond motifs is 3. The molecule has 36 heavy (non-hydrogen) atoms. The van der Waals surface area contributed by atoms with Crippen molar-refractivity contribution < 1.29 is 9.18 Å². The van der Waals surface area contributed by atoms with E-state index in [1.165, 1.54) is 31.8 Å². The van der Waals surface area contributed by atoms with E-state index in [-0.39, 0.29) is 34.9 Å². The van der Waals surface area contributed by atoms with Crippen LogP contribution in [0.2, 0.25) is 5.02 Å². The Morgan fingerprint density at radius 1 is 1.14 bits per heavy atom. The van der Waals surface area contributed by atoms with Gasteiger partial charge in [-0.3, -0.25) is 14.2 Å². The second-order valence-corrected chi connectivity index (χ2v) is 9.87. The van der Waals surface area contributed by atoms with Crippen LogP contribution in [-0.2, 0) is 13.1 Å². The summed E-state index contributed by atoms with van der Waals surface area (Å²) in [6.07, 6.45) is 1.48. The van der Waals surface area contributed by atoms with Gasteiger partial charge in [-0.15, -0.1) is 5.10 Å². The lowest BCUT2D eigenvalue weighted by Crippen LogP contribution is -2.32. The van der Waals surface area contributed by atoms with Crippen LogP contribution in [0.15, 0.2) is 46.0 Å². The zero-order chi connectivity index (χ0) is 26.1. The van der Waals surface area contributed by atoms with Crippen LogP contribution < -0.4 is 16.6 Å². The van der Waals surface area contributed by atoms with Gasteiger partial charge >= 0.3 is 5.69 Å². The molecule has 2 aromatic heterocycles. The molecule has 10 heteroatoms. The normalized spacial score (nSPS) is 12.5. The molecular weight excluding hydrogens is 485 g/mol. The third-order valence-corrected chi connectivity index (χ3v) is 6.65. The Morgan fingerprint density at radius 3 is 2.56 bits per heavy atom. The van der Waals surface area contributed by atoms with Gasteiger partial charge in [0, 0.05) is 23.2 Å². The average Bonchev–Trinajstić information content (AvgIpc) is 3.15. The van der Waals surface area contributed by atoms with Crippen molar-refractivity contribution in [2.75, 3.05) is 0 Å². The van der Waals surface area contributed by atoms with E-state index in [2.05, 4.69) is 10.4 Å². The quantitative estimate of drug-likeness (QED) is 0.382. The first kappa shape index (κ1) is 25.6. The van der Waals surface area contributed by atoms with Gasteiger partial charge in [0.15, 0.2) is 0 Å². The number of rotatable bonds is 8. The van der Waals surface area contributed by atoms with Crippen molar-refractivity contribution in [3.63, 3.8) is 0 Å². The smallest absolute Gasteiger partial charge is 0.350 e. The van der Waals surface area contributed by atoms with Crippen LogP contribution in [0.5, 0.6) is 0 Å². The maximum absolute atomic E-state index is 13.6. The zero-order valence-electron chi connectivity index (χ0n) is 20.7. The summed E-state index contributed by atoms with van der Waals surface area (Å²) < 4.78 is 17.6. The van der Waals surface area contributed by atoms with Gasteiger partial charge in [-0.2, -0.15) is 0 Å². The Bertz CT molecular complexity index is 1570. The van der Waals surface area contributed by atoms with Crippen molar-refractivity contribution in [3.8, 4) is 0 Å². The van der Waals surface area contributed by atoms with Gasteiger partial charge in [0.25, 0.3) is 11.5 Å². The van der Waals surface area contributed by atoms with Gasteiger partial charge in [-0.1, -0.05) is 38.4 Å². The second kappa shape index (κ2) is 10.3. The lowest BCUT2D eigenvalue weighted by molar-refractivity contribution is 0.0939. The highest BCUT2D eigenvalue weighted by Gasteiger charge is 2.20. The third kappa shape index (κ3) is 4.93. The Balaban J connectivity index is 1.94. The molecule has 190 valence electrons. The van der Waals surface area contributed by atoms with Gasteiger partial charge in [0.1, 0.15) is 5.82 Å². The SMILES string of the molecule is CC[C@H](C)NC(=O)c1ccc2c(=O)n(CCC(C)C)c3nn(Cc4ccc(F)cc4Cl)c(=O)n3c2c1. The number of nitrogens with one attached hydrogen (secondary N) is 1. The molecule has 0 radical (unpaired) electrons. The summed E-state index contributed by atoms with van der Waals surface area (Å²) in [6, 6.07) is 8.62. The predicted molar refractivity (Wildman–Crippen MR) is 138 cm³/mol. The van der Waals surface area contributed by atoms with Crippen LogP contribution in [-0.4, -0.2) is 30.7 Å². The minimum atomic E-state index is -0.492. The number of carbonyl (C=O) groups excluding carboxylic acids is 1. The number of nitrogens with zero attached hydrogens (tertiary/aromatic N) is 4. The molecule has 8 nitrogen and oxygen atoms in total. The Labute approximate surface area is 212 Å². The standard InChI is InChI=1S/C26H29ClFN5O3/c1-5-16(4)29-23(34)17-7-9-20-22(12-17)33-25(31(24(20)35)11-10-15(2)3)30-32(26(33)36)14-18-6-8-19(28)13-21(18)27/h6-9,12-13,15-16H,5,10-11,14H2,1-4H3,(H,29,34)/t16-/m0/s1. The topological polar surface area (TPSA) is 90.4 Å². The van der Waals surface area contributed by atoms with Crippen LogP contribution in [0, 0.1) is 11.7 Å². The van der Waals surface area contributed by atoms with Crippen LogP contribution in [0.4, 0.5) is 4.39 Å². The van der Waals surface area contributed by atoms with Crippen molar-refractivity contribution in [1.29, 1.82) is 0 Å². The van der Waals surface area contributed by atoms with Crippen LogP contribution in [0.3, 0.4) is 0 Å². The van der Waals surface area contributed by atoms with Crippen LogP contribution in [0.25, 0.3) is 16.7 Å². The van der Waals surface area contributed by atoms with Crippen molar-refractivity contribution >= 4 is 34.2 Å². The molecule has 1 atom stereocenters. The number of aryl methyl sites for hydroxylation is 1. The van der Waals surface area contributed by atoms with Crippen molar-refractivity contribution in [1.82, 2.24) is 24.1 Å². The summed E-state index contributed by atoms with van der Waals surface area (Å²) in [5.41, 5.74) is 0.369. The van der Waals surface area contributed by atoms with Gasteiger partial charge < -0.3 is 5.32 Å². The molecule has 2 aromatic carbocycles. The second-order valence-electron chi connectivity index (χ2n) is 9.47. The molecule has 4 aromatic rings. The van der Waals surface area contributed by atoms with E-state index in [0.717, 1.165) is 6.42 Å². The minimum absolute atomic E-state index is 0.00627. The molecule has 1 N–H and O–H groups in total. The van der Waals surface area contributed by atoms with Crippen LogP contribution in [0.1, 0.15) is 56.5 Å². The largest absolute Gasteiger partial charge is 0.352 e. The van der Waals surface area contributed by atoms with Gasteiger partial charge in [0.2, 0.25) is 5.78 Å². The zero-order valence-corrected chi connectivity index (χ0v) is 21.5. The summed E-state index contributed by atoms with van der Waals surface area (Å²) in [5.74, 6) is -0.272. The number of hydrogen-bond donors (Lipinski definition) is 1. The van der Waals surface area contributed by atoms with E-state index in [0.29, 0.717) is 40.9 Å². The Hall–Kier alpha value is -3.46. The number of halogens is 2. The number of aromatic nitrogens is 4. The van der Waals surface area contributed by atoms with E-state index in [9.17, 15) is 18.8 Å². The summed E-state index contributed by atoms with van der Waals surface area (Å²) in [4.78, 5) is 39.8. The summed E-state index contributed by atoms with van der Waals surface area (Å²) in [7, 11) is 0. The number of benzene rings is 2. The summed E-state index contributed by atoms with van der Waals surface area (Å²) in [5, 5.41) is 7.86. The molecule has 2 heterocycles. The van der Waals surface area contributed by atoms with Gasteiger partial charge in [0.05, 0.1) is 17.4 Å². The molecule has 4 rings (SSSR count). The summed E-state index contributed by atoms with van der Waals surface area (Å²) in [6.45, 7) is 8.34. The van der Waals surface area contributed by atoms with E-state index >= 15 is 0 Å². The van der Waals surface area contributed by atoms with E-state index in [4.69, 9.17) is 11.6 Å². The highest BCUT2D eigenvalue weighted by molar-refractivity contribution is 6.31. The van der Waals surface area contributed by atoms with E-state index in [1.54, 1.807) is 18.2 Å². The fourth-order valence-corrected chi connectivity index (χ4v) is 4.20. The fourth-order valence-electron chi connectivity index (χ4n) is 3.97. The molecule has 0 bridgehead atoms. The monoisotopic (exact) mass is 513 g/mol. The Kier molecular flexibility index (Phi) is 7.31. The third-order valence-electron chi connectivity index (χ3n) is 6.30. The maximum Gasteiger partial charge on any atom is 0.352 e. The molecular formula is C26H29ClFN5O3. The lowest BCUT2D eigenvalue weighted by atomic mass is 10.1. The number of carbonyl (C=O) groups is 1. The lowest BCUT2D eigenvalue weighted by Gasteiger charge is -2.13. The van der Waals surface area contributed by atoms with Gasteiger partial charge in [-0.05, 0) is 61.6 Å².